The van der Waals surface area contributed by atoms with Crippen LogP contribution in [0.3, 0.4) is 0 Å². The van der Waals surface area contributed by atoms with E-state index in [0.717, 1.165) is 31.6 Å². The molecule has 1 saturated heterocycles. The Morgan fingerprint density at radius 1 is 1.38 bits per heavy atom. The molecule has 2 rings (SSSR count). The quantitative estimate of drug-likeness (QED) is 0.775. The summed E-state index contributed by atoms with van der Waals surface area (Å²) in [7, 11) is 0. The van der Waals surface area contributed by atoms with Crippen LogP contribution < -0.4 is 5.32 Å². The maximum atomic E-state index is 12.7. The van der Waals surface area contributed by atoms with Gasteiger partial charge in [-0.3, -0.25) is 14.6 Å². The second-order valence-corrected chi connectivity index (χ2v) is 6.03. The maximum Gasteiger partial charge on any atom is 0.274 e. The Hall–Kier alpha value is -2.02. The molecule has 1 aliphatic heterocycles. The van der Waals surface area contributed by atoms with Gasteiger partial charge in [0.2, 0.25) is 5.91 Å². The summed E-state index contributed by atoms with van der Waals surface area (Å²) < 4.78 is 5.63. The molecule has 2 heterocycles. The number of amides is 2. The van der Waals surface area contributed by atoms with Crippen LogP contribution in [0.4, 0.5) is 0 Å². The van der Waals surface area contributed by atoms with E-state index in [1.807, 2.05) is 13.8 Å². The third-order valence-electron chi connectivity index (χ3n) is 3.92. The topological polar surface area (TPSA) is 84.4 Å². The van der Waals surface area contributed by atoms with Crippen molar-refractivity contribution in [2.75, 3.05) is 26.2 Å². The molecule has 0 aliphatic carbocycles. The van der Waals surface area contributed by atoms with Crippen LogP contribution in [0.5, 0.6) is 0 Å². The van der Waals surface area contributed by atoms with E-state index < -0.39 is 0 Å². The predicted molar refractivity (Wildman–Crippen MR) is 89.6 cm³/mol. The van der Waals surface area contributed by atoms with E-state index in [1.165, 1.54) is 6.20 Å². The molecular weight excluding hydrogens is 308 g/mol. The van der Waals surface area contributed by atoms with Crippen LogP contribution in [0.1, 0.15) is 48.8 Å². The molecule has 1 fully saturated rings. The summed E-state index contributed by atoms with van der Waals surface area (Å²) >= 11 is 0. The number of hydrogen-bond acceptors (Lipinski definition) is 5. The molecule has 7 nitrogen and oxygen atoms in total. The Kier molecular flexibility index (Phi) is 7.11. The van der Waals surface area contributed by atoms with Gasteiger partial charge in [-0.1, -0.05) is 6.92 Å². The number of nitrogens with one attached hydrogen (secondary N) is 1. The maximum absolute atomic E-state index is 12.7. The molecule has 0 radical (unpaired) electrons. The molecule has 24 heavy (non-hydrogen) atoms. The minimum atomic E-state index is -0.207. The van der Waals surface area contributed by atoms with Crippen molar-refractivity contribution in [3.63, 3.8) is 0 Å². The lowest BCUT2D eigenvalue weighted by molar-refractivity contribution is -0.121. The molecule has 1 N–H and O–H groups in total. The highest BCUT2D eigenvalue weighted by Gasteiger charge is 2.24. The predicted octanol–water partition coefficient (Wildman–Crippen LogP) is 1.32. The molecule has 2 amide bonds. The van der Waals surface area contributed by atoms with Gasteiger partial charge in [0.1, 0.15) is 5.69 Å². The van der Waals surface area contributed by atoms with Gasteiger partial charge >= 0.3 is 0 Å². The molecule has 7 heteroatoms. The molecule has 0 spiro atoms. The Labute approximate surface area is 142 Å². The Morgan fingerprint density at radius 2 is 2.21 bits per heavy atom. The number of aryl methyl sites for hydroxylation is 1. The fourth-order valence-electron chi connectivity index (χ4n) is 2.56. The normalized spacial score (nSPS) is 16.8. The number of rotatable bonds is 8. The van der Waals surface area contributed by atoms with Crippen LogP contribution in [0.25, 0.3) is 0 Å². The molecule has 1 aromatic heterocycles. The lowest BCUT2D eigenvalue weighted by atomic mass is 10.2. The third-order valence-corrected chi connectivity index (χ3v) is 3.92. The monoisotopic (exact) mass is 334 g/mol. The zero-order valence-electron chi connectivity index (χ0n) is 14.5. The first-order valence-corrected chi connectivity index (χ1v) is 8.56. The zero-order chi connectivity index (χ0) is 17.4. The summed E-state index contributed by atoms with van der Waals surface area (Å²) in [4.78, 5) is 34.5. The molecule has 0 aromatic carbocycles. The minimum absolute atomic E-state index is 0.0334. The number of carbonyl (C=O) groups is 2. The van der Waals surface area contributed by atoms with E-state index in [4.69, 9.17) is 4.74 Å². The molecule has 1 unspecified atom stereocenters. The van der Waals surface area contributed by atoms with E-state index in [2.05, 4.69) is 15.3 Å². The number of ether oxygens (including phenoxy) is 1. The van der Waals surface area contributed by atoms with Crippen LogP contribution in [0.2, 0.25) is 0 Å². The molecule has 1 aromatic rings. The van der Waals surface area contributed by atoms with E-state index in [9.17, 15) is 9.59 Å². The largest absolute Gasteiger partial charge is 0.376 e. The van der Waals surface area contributed by atoms with Gasteiger partial charge in [0.15, 0.2) is 0 Å². The van der Waals surface area contributed by atoms with Crippen LogP contribution in [-0.2, 0) is 9.53 Å². The Bertz CT molecular complexity index is 541. The Morgan fingerprint density at radius 3 is 2.83 bits per heavy atom. The van der Waals surface area contributed by atoms with Crippen molar-refractivity contribution >= 4 is 11.8 Å². The summed E-state index contributed by atoms with van der Waals surface area (Å²) in [6.45, 7) is 6.04. The Balaban J connectivity index is 1.99. The minimum Gasteiger partial charge on any atom is -0.376 e. The molecule has 1 atom stereocenters. The van der Waals surface area contributed by atoms with Crippen LogP contribution in [-0.4, -0.2) is 59.0 Å². The van der Waals surface area contributed by atoms with Crippen molar-refractivity contribution in [3.8, 4) is 0 Å². The highest BCUT2D eigenvalue weighted by atomic mass is 16.5. The van der Waals surface area contributed by atoms with Gasteiger partial charge < -0.3 is 15.0 Å². The SMILES string of the molecule is CCCNC(=O)CCN(CC1CCCO1)C(=O)c1cnc(C)cn1. The average Bonchev–Trinajstić information content (AvgIpc) is 3.10. The third kappa shape index (κ3) is 5.56. The smallest absolute Gasteiger partial charge is 0.274 e. The molecule has 0 saturated carbocycles. The van der Waals surface area contributed by atoms with Crippen molar-refractivity contribution in [1.82, 2.24) is 20.2 Å². The summed E-state index contributed by atoms with van der Waals surface area (Å²) in [5, 5.41) is 2.83. The highest BCUT2D eigenvalue weighted by molar-refractivity contribution is 5.92. The van der Waals surface area contributed by atoms with Crippen LogP contribution in [0, 0.1) is 6.92 Å². The fraction of sp³-hybridized carbons (Fsp3) is 0.647. The van der Waals surface area contributed by atoms with E-state index >= 15 is 0 Å². The van der Waals surface area contributed by atoms with Gasteiger partial charge in [-0.2, -0.15) is 0 Å². The van der Waals surface area contributed by atoms with Gasteiger partial charge in [-0.25, -0.2) is 4.98 Å². The second-order valence-electron chi connectivity index (χ2n) is 6.03. The number of carbonyl (C=O) groups excluding carboxylic acids is 2. The number of nitrogens with zero attached hydrogens (tertiary/aromatic N) is 3. The molecule has 132 valence electrons. The summed E-state index contributed by atoms with van der Waals surface area (Å²) in [6.07, 6.45) is 6.20. The van der Waals surface area contributed by atoms with Gasteiger partial charge in [0, 0.05) is 38.9 Å². The zero-order valence-corrected chi connectivity index (χ0v) is 14.5. The lowest BCUT2D eigenvalue weighted by Gasteiger charge is -2.25. The highest BCUT2D eigenvalue weighted by Crippen LogP contribution is 2.15. The van der Waals surface area contributed by atoms with Gasteiger partial charge in [-0.15, -0.1) is 0 Å². The average molecular weight is 334 g/mol. The number of hydrogen-bond donors (Lipinski definition) is 1. The van der Waals surface area contributed by atoms with E-state index in [0.29, 0.717) is 25.3 Å². The first-order valence-electron chi connectivity index (χ1n) is 8.56. The molecule has 0 bridgehead atoms. The first-order chi connectivity index (χ1) is 11.6. The van der Waals surface area contributed by atoms with E-state index in [1.54, 1.807) is 11.1 Å². The van der Waals surface area contributed by atoms with Gasteiger partial charge in [-0.05, 0) is 26.2 Å². The van der Waals surface area contributed by atoms with Crippen molar-refractivity contribution in [2.45, 2.75) is 45.6 Å². The van der Waals surface area contributed by atoms with Gasteiger partial charge in [0.05, 0.1) is 18.0 Å². The van der Waals surface area contributed by atoms with Crippen molar-refractivity contribution in [2.24, 2.45) is 0 Å². The molecular formula is C17H26N4O3. The summed E-state index contributed by atoms with van der Waals surface area (Å²) in [5.41, 5.74) is 1.06. The van der Waals surface area contributed by atoms with Crippen molar-refractivity contribution < 1.29 is 14.3 Å². The summed E-state index contributed by atoms with van der Waals surface area (Å²) in [5.74, 6) is -0.252. The lowest BCUT2D eigenvalue weighted by Crippen LogP contribution is -2.40. The van der Waals surface area contributed by atoms with Gasteiger partial charge in [0.25, 0.3) is 5.91 Å². The van der Waals surface area contributed by atoms with Crippen LogP contribution in [0.15, 0.2) is 12.4 Å². The fourth-order valence-corrected chi connectivity index (χ4v) is 2.56. The van der Waals surface area contributed by atoms with Crippen molar-refractivity contribution in [1.29, 1.82) is 0 Å². The summed E-state index contributed by atoms with van der Waals surface area (Å²) in [6, 6.07) is 0. The first kappa shape index (κ1) is 18.3. The molecule has 1 aliphatic rings. The van der Waals surface area contributed by atoms with Crippen LogP contribution >= 0.6 is 0 Å². The second kappa shape index (κ2) is 9.32. The standard InChI is InChI=1S/C17H26N4O3/c1-3-7-18-16(22)6-8-21(12-14-5-4-9-24-14)17(23)15-11-19-13(2)10-20-15/h10-11,14H,3-9,12H2,1-2H3,(H,18,22). The van der Waals surface area contributed by atoms with Crippen molar-refractivity contribution in [3.05, 3.63) is 23.8 Å². The number of aromatic nitrogens is 2. The van der Waals surface area contributed by atoms with E-state index in [-0.39, 0.29) is 24.3 Å².